The number of ketones is 1. The molecule has 3 aliphatic rings. The highest BCUT2D eigenvalue weighted by atomic mass is 19.1. The Morgan fingerprint density at radius 3 is 2.30 bits per heavy atom. The van der Waals surface area contributed by atoms with E-state index in [1.807, 2.05) is 54.9 Å². The van der Waals surface area contributed by atoms with Crippen LogP contribution >= 0.6 is 0 Å². The average Bonchev–Trinajstić information content (AvgIpc) is 3.25. The van der Waals surface area contributed by atoms with Crippen molar-refractivity contribution >= 4 is 23.9 Å². The minimum atomic E-state index is -0.343. The number of hydrogen-bond donors (Lipinski definition) is 1. The van der Waals surface area contributed by atoms with Crippen molar-refractivity contribution in [1.29, 1.82) is 0 Å². The predicted octanol–water partition coefficient (Wildman–Crippen LogP) is 5.89. The van der Waals surface area contributed by atoms with Gasteiger partial charge >= 0.3 is 5.97 Å². The van der Waals surface area contributed by atoms with Gasteiger partial charge in [0.05, 0.1) is 0 Å². The number of carbonyl (C=O) groups is 2. The van der Waals surface area contributed by atoms with Crippen LogP contribution in [0.2, 0.25) is 0 Å². The van der Waals surface area contributed by atoms with Crippen LogP contribution < -0.4 is 20.5 Å². The van der Waals surface area contributed by atoms with E-state index in [1.54, 1.807) is 12.1 Å². The first-order valence-electron chi connectivity index (χ1n) is 13.4. The molecule has 3 aromatic rings. The van der Waals surface area contributed by atoms with Crippen molar-refractivity contribution in [3.63, 3.8) is 0 Å². The lowest BCUT2D eigenvalue weighted by molar-refractivity contribution is -0.131. The Morgan fingerprint density at radius 1 is 0.900 bits per heavy atom. The second-order valence-corrected chi connectivity index (χ2v) is 10.8. The van der Waals surface area contributed by atoms with Crippen molar-refractivity contribution in [2.45, 2.75) is 39.0 Å². The Kier molecular flexibility index (Phi) is 7.65. The predicted molar refractivity (Wildman–Crippen MR) is 157 cm³/mol. The van der Waals surface area contributed by atoms with Crippen molar-refractivity contribution in [3.8, 4) is 16.9 Å². The second kappa shape index (κ2) is 11.3. The average molecular weight is 534 g/mol. The molecule has 0 bridgehead atoms. The number of nitrogens with one attached hydrogen (secondary N) is 1. The number of rotatable bonds is 3. The van der Waals surface area contributed by atoms with Gasteiger partial charge in [-0.3, -0.25) is 9.59 Å². The van der Waals surface area contributed by atoms with E-state index in [2.05, 4.69) is 43.4 Å². The Labute approximate surface area is 233 Å². The Morgan fingerprint density at radius 2 is 1.60 bits per heavy atom. The third kappa shape index (κ3) is 5.74. The zero-order valence-corrected chi connectivity index (χ0v) is 22.9. The van der Waals surface area contributed by atoms with Crippen LogP contribution in [0, 0.1) is 11.7 Å². The van der Waals surface area contributed by atoms with Crippen LogP contribution in [0.4, 0.5) is 4.39 Å². The van der Waals surface area contributed by atoms with Crippen LogP contribution in [-0.4, -0.2) is 11.8 Å². The largest absolute Gasteiger partial charge is 0.427 e. The Balaban J connectivity index is 0.000000403. The van der Waals surface area contributed by atoms with Crippen molar-refractivity contribution < 1.29 is 18.7 Å². The normalized spacial score (nSPS) is 17.2. The summed E-state index contributed by atoms with van der Waals surface area (Å²) in [6.07, 6.45) is 17.3. The number of halogens is 1. The lowest BCUT2D eigenvalue weighted by Crippen LogP contribution is -2.43. The third-order valence-corrected chi connectivity index (χ3v) is 7.45. The molecule has 0 amide bonds. The van der Waals surface area contributed by atoms with Crippen LogP contribution in [-0.2, 0) is 16.6 Å². The van der Waals surface area contributed by atoms with E-state index in [1.165, 1.54) is 24.6 Å². The fourth-order valence-electron chi connectivity index (χ4n) is 5.63. The first kappa shape index (κ1) is 27.1. The van der Waals surface area contributed by atoms with Crippen molar-refractivity contribution in [2.75, 3.05) is 0 Å². The molecule has 1 atom stereocenters. The topological polar surface area (TPSA) is 55.4 Å². The number of allylic oxidation sites excluding steroid dienone is 4. The number of benzene rings is 3. The van der Waals surface area contributed by atoms with Gasteiger partial charge in [0.15, 0.2) is 5.78 Å². The molecule has 6 rings (SSSR count). The molecule has 0 saturated carbocycles. The van der Waals surface area contributed by atoms with Gasteiger partial charge in [0.2, 0.25) is 0 Å². The standard InChI is InChI=1S/C29H25FO3.C6H7N/c1-17(31)33-22-9-11-23-19(14-22)6-10-25-24(23)12-13-27-26(25)15-20(16-29(27,2)3)28(32)18-4-7-21(30)8-5-18;1-2-4-6-7-5-3-1/h4-5,7-15,20H,6,16H2,1-3H3;1-7H. The van der Waals surface area contributed by atoms with Crippen LogP contribution in [0.5, 0.6) is 5.75 Å². The first-order valence-corrected chi connectivity index (χ1v) is 13.4. The van der Waals surface area contributed by atoms with Crippen molar-refractivity contribution in [2.24, 2.45) is 5.92 Å². The quantitative estimate of drug-likeness (QED) is 0.259. The van der Waals surface area contributed by atoms with Gasteiger partial charge in [-0.1, -0.05) is 56.4 Å². The van der Waals surface area contributed by atoms with Gasteiger partial charge < -0.3 is 10.1 Å². The van der Waals surface area contributed by atoms with E-state index >= 15 is 0 Å². The molecule has 2 aliphatic carbocycles. The van der Waals surface area contributed by atoms with Crippen molar-refractivity contribution in [1.82, 2.24) is 5.32 Å². The second-order valence-electron chi connectivity index (χ2n) is 10.8. The molecule has 0 radical (unpaired) electrons. The van der Waals surface area contributed by atoms with Gasteiger partial charge in [-0.2, -0.15) is 0 Å². The van der Waals surface area contributed by atoms with E-state index in [0.29, 0.717) is 17.7 Å². The molecular weight excluding hydrogens is 501 g/mol. The number of Topliss-reactive ketones (excluding diaryl/α,β-unsaturated/α-hetero) is 1. The molecule has 0 spiro atoms. The molecule has 4 nitrogen and oxygen atoms in total. The summed E-state index contributed by atoms with van der Waals surface area (Å²) in [5, 5.41) is 5.18. The highest BCUT2D eigenvalue weighted by Crippen LogP contribution is 2.35. The highest BCUT2D eigenvalue weighted by Gasteiger charge is 2.34. The molecular formula is C35H32FNO3. The van der Waals surface area contributed by atoms with E-state index in [4.69, 9.17) is 4.74 Å². The lowest BCUT2D eigenvalue weighted by Gasteiger charge is -2.34. The summed E-state index contributed by atoms with van der Waals surface area (Å²) < 4.78 is 18.6. The van der Waals surface area contributed by atoms with E-state index in [-0.39, 0.29) is 28.9 Å². The summed E-state index contributed by atoms with van der Waals surface area (Å²) in [5.74, 6) is -0.380. The van der Waals surface area contributed by atoms with Crippen LogP contribution in [0.15, 0.2) is 91.3 Å². The molecule has 3 aromatic carbocycles. The number of fused-ring (bicyclic) bond motifs is 5. The summed E-state index contributed by atoms with van der Waals surface area (Å²) in [6, 6.07) is 15.9. The summed E-state index contributed by atoms with van der Waals surface area (Å²) in [7, 11) is 0. The number of carbonyl (C=O) groups excluding carboxylic acids is 2. The maximum Gasteiger partial charge on any atom is 0.308 e. The number of ether oxygens (including phenoxy) is 1. The molecule has 5 heteroatoms. The maximum atomic E-state index is 13.4. The number of esters is 1. The summed E-state index contributed by atoms with van der Waals surface area (Å²) in [5.41, 5.74) is 4.94. The molecule has 1 heterocycles. The molecule has 202 valence electrons. The van der Waals surface area contributed by atoms with Crippen molar-refractivity contribution in [3.05, 3.63) is 124 Å². The minimum Gasteiger partial charge on any atom is -0.427 e. The molecule has 1 aliphatic heterocycles. The minimum absolute atomic E-state index is 0.0218. The first-order chi connectivity index (χ1) is 19.2. The monoisotopic (exact) mass is 533 g/mol. The van der Waals surface area contributed by atoms with Crippen LogP contribution in [0.1, 0.15) is 48.7 Å². The van der Waals surface area contributed by atoms with E-state index in [9.17, 15) is 14.0 Å². The summed E-state index contributed by atoms with van der Waals surface area (Å²) >= 11 is 0. The van der Waals surface area contributed by atoms with Gasteiger partial charge in [0.25, 0.3) is 0 Å². The van der Waals surface area contributed by atoms with Gasteiger partial charge in [-0.05, 0) is 99.5 Å². The maximum absolute atomic E-state index is 13.4. The third-order valence-electron chi connectivity index (χ3n) is 7.45. The fraction of sp³-hybridized carbons (Fsp3) is 0.200. The van der Waals surface area contributed by atoms with E-state index in [0.717, 1.165) is 33.5 Å². The van der Waals surface area contributed by atoms with Gasteiger partial charge in [0, 0.05) is 30.8 Å². The summed E-state index contributed by atoms with van der Waals surface area (Å²) in [6.45, 7) is 5.75. The summed E-state index contributed by atoms with van der Waals surface area (Å²) in [4.78, 5) is 24.6. The molecule has 1 N–H and O–H groups in total. The SMILES string of the molecule is C1=CC=CNC=C1.CC(=O)Oc1ccc2c(c1)CC=c1c-2ccc2c1=CC(C(=O)c1ccc(F)cc1)CC2(C)C. The molecule has 1 unspecified atom stereocenters. The lowest BCUT2D eigenvalue weighted by atomic mass is 9.69. The Hall–Kier alpha value is -4.51. The van der Waals surface area contributed by atoms with Gasteiger partial charge in [-0.25, -0.2) is 4.39 Å². The highest BCUT2D eigenvalue weighted by molar-refractivity contribution is 6.01. The zero-order valence-electron chi connectivity index (χ0n) is 22.9. The smallest absolute Gasteiger partial charge is 0.308 e. The molecule has 0 aromatic heterocycles. The molecule has 0 saturated heterocycles. The van der Waals surface area contributed by atoms with Gasteiger partial charge in [0.1, 0.15) is 11.6 Å². The van der Waals surface area contributed by atoms with Crippen LogP contribution in [0.3, 0.4) is 0 Å². The van der Waals surface area contributed by atoms with E-state index < -0.39 is 0 Å². The zero-order chi connectivity index (χ0) is 28.3. The Bertz CT molecular complexity index is 1660. The number of hydrogen-bond acceptors (Lipinski definition) is 4. The molecule has 0 fully saturated rings. The van der Waals surface area contributed by atoms with Gasteiger partial charge in [-0.15, -0.1) is 0 Å². The van der Waals surface area contributed by atoms with Crippen LogP contribution in [0.25, 0.3) is 23.3 Å². The fourth-order valence-corrected chi connectivity index (χ4v) is 5.63. The molecule has 40 heavy (non-hydrogen) atoms.